The van der Waals surface area contributed by atoms with E-state index in [0.717, 1.165) is 5.56 Å². The van der Waals surface area contributed by atoms with Gasteiger partial charge in [-0.25, -0.2) is 0 Å². The number of rotatable bonds is 8. The summed E-state index contributed by atoms with van der Waals surface area (Å²) in [6.07, 6.45) is 0. The summed E-state index contributed by atoms with van der Waals surface area (Å²) in [6.45, 7) is 2.40. The van der Waals surface area contributed by atoms with Crippen LogP contribution < -0.4 is 9.64 Å². The third-order valence-corrected chi connectivity index (χ3v) is 7.93. The molecular formula is C28H23N3O4S2. The summed E-state index contributed by atoms with van der Waals surface area (Å²) >= 11 is 2.75. The van der Waals surface area contributed by atoms with Gasteiger partial charge in [-0.05, 0) is 42.3 Å². The SMILES string of the molecule is CCOc1ccc(/C(O)=C2/C(=O)C(=O)N(c3nnc(SCc4ccccc4)s3)C2c2ccccc2)cc1. The van der Waals surface area contributed by atoms with Crippen LogP contribution in [0.3, 0.4) is 0 Å². The van der Waals surface area contributed by atoms with E-state index in [0.29, 0.717) is 38.7 Å². The molecule has 1 atom stereocenters. The Balaban J connectivity index is 1.51. The predicted octanol–water partition coefficient (Wildman–Crippen LogP) is 5.86. The summed E-state index contributed by atoms with van der Waals surface area (Å²) in [4.78, 5) is 27.9. The van der Waals surface area contributed by atoms with E-state index in [1.807, 2.05) is 67.6 Å². The molecule has 0 radical (unpaired) electrons. The molecule has 1 aliphatic rings. The Morgan fingerprint density at radius 3 is 2.32 bits per heavy atom. The molecule has 2 heterocycles. The standard InChI is InChI=1S/C28H23N3O4S2/c1-2-35-21-15-13-20(14-16-21)24(32)22-23(19-11-7-4-8-12-19)31(26(34)25(22)33)27-29-30-28(37-27)36-17-18-9-5-3-6-10-18/h3-16,23,32H,2,17H2,1H3/b24-22-. The molecule has 1 amide bonds. The van der Waals surface area contributed by atoms with Gasteiger partial charge in [0.1, 0.15) is 11.5 Å². The fraction of sp³-hybridized carbons (Fsp3) is 0.143. The van der Waals surface area contributed by atoms with Crippen molar-refractivity contribution in [2.75, 3.05) is 11.5 Å². The second-order valence-electron chi connectivity index (χ2n) is 8.16. The molecule has 1 aromatic heterocycles. The maximum Gasteiger partial charge on any atom is 0.301 e. The lowest BCUT2D eigenvalue weighted by molar-refractivity contribution is -0.132. The molecular weight excluding hydrogens is 506 g/mol. The second kappa shape index (κ2) is 11.0. The zero-order valence-corrected chi connectivity index (χ0v) is 21.5. The number of Topliss-reactive ketones (excluding diaryl/α,β-unsaturated/α-hetero) is 1. The number of nitrogens with zero attached hydrogens (tertiary/aromatic N) is 3. The van der Waals surface area contributed by atoms with Crippen LogP contribution in [0.5, 0.6) is 5.75 Å². The topological polar surface area (TPSA) is 92.6 Å². The van der Waals surface area contributed by atoms with Gasteiger partial charge in [0.15, 0.2) is 4.34 Å². The van der Waals surface area contributed by atoms with Gasteiger partial charge in [-0.2, -0.15) is 0 Å². The second-order valence-corrected chi connectivity index (χ2v) is 10.3. The van der Waals surface area contributed by atoms with E-state index in [2.05, 4.69) is 10.2 Å². The summed E-state index contributed by atoms with van der Waals surface area (Å²) in [5.74, 6) is -0.422. The Hall–Kier alpha value is -3.95. The van der Waals surface area contributed by atoms with E-state index in [4.69, 9.17) is 4.74 Å². The first-order chi connectivity index (χ1) is 18.1. The highest BCUT2D eigenvalue weighted by atomic mass is 32.2. The molecule has 1 saturated heterocycles. The van der Waals surface area contributed by atoms with Gasteiger partial charge in [-0.1, -0.05) is 83.8 Å². The molecule has 3 aromatic carbocycles. The van der Waals surface area contributed by atoms with Crippen molar-refractivity contribution in [1.29, 1.82) is 0 Å². The van der Waals surface area contributed by atoms with E-state index in [9.17, 15) is 14.7 Å². The lowest BCUT2D eigenvalue weighted by atomic mass is 9.95. The van der Waals surface area contributed by atoms with Crippen LogP contribution in [0.25, 0.3) is 5.76 Å². The van der Waals surface area contributed by atoms with Crippen molar-refractivity contribution >= 4 is 45.7 Å². The van der Waals surface area contributed by atoms with E-state index >= 15 is 0 Å². The van der Waals surface area contributed by atoms with Gasteiger partial charge >= 0.3 is 5.91 Å². The summed E-state index contributed by atoms with van der Waals surface area (Å²) in [5.41, 5.74) is 2.25. The highest BCUT2D eigenvalue weighted by Gasteiger charge is 2.48. The number of ether oxygens (including phenoxy) is 1. The van der Waals surface area contributed by atoms with Crippen molar-refractivity contribution in [3.8, 4) is 5.75 Å². The molecule has 9 heteroatoms. The number of benzene rings is 3. The van der Waals surface area contributed by atoms with E-state index in [1.165, 1.54) is 28.0 Å². The van der Waals surface area contributed by atoms with Crippen molar-refractivity contribution in [1.82, 2.24) is 10.2 Å². The first-order valence-corrected chi connectivity index (χ1v) is 13.5. The maximum absolute atomic E-state index is 13.3. The number of amides is 1. The number of carbonyl (C=O) groups excluding carboxylic acids is 2. The zero-order valence-electron chi connectivity index (χ0n) is 19.9. The van der Waals surface area contributed by atoms with Gasteiger partial charge in [0, 0.05) is 11.3 Å². The Kier molecular flexibility index (Phi) is 7.34. The molecule has 37 heavy (non-hydrogen) atoms. The number of anilines is 1. The molecule has 1 aliphatic heterocycles. The summed E-state index contributed by atoms with van der Waals surface area (Å²) in [5, 5.41) is 20.0. The molecule has 0 saturated carbocycles. The molecule has 0 aliphatic carbocycles. The van der Waals surface area contributed by atoms with Gasteiger partial charge in [0.2, 0.25) is 5.13 Å². The Morgan fingerprint density at radius 2 is 1.65 bits per heavy atom. The Morgan fingerprint density at radius 1 is 0.973 bits per heavy atom. The molecule has 1 N–H and O–H groups in total. The molecule has 4 aromatic rings. The number of aromatic nitrogens is 2. The van der Waals surface area contributed by atoms with Crippen LogP contribution in [-0.4, -0.2) is 33.6 Å². The lowest BCUT2D eigenvalue weighted by Crippen LogP contribution is -2.29. The molecule has 1 fully saturated rings. The average molecular weight is 530 g/mol. The minimum Gasteiger partial charge on any atom is -0.507 e. The Bertz CT molecular complexity index is 1440. The summed E-state index contributed by atoms with van der Waals surface area (Å²) < 4.78 is 6.16. The van der Waals surface area contributed by atoms with Gasteiger partial charge in [0.05, 0.1) is 18.2 Å². The summed E-state index contributed by atoms with van der Waals surface area (Å²) in [7, 11) is 0. The number of aliphatic hydroxyl groups excluding tert-OH is 1. The van der Waals surface area contributed by atoms with Crippen molar-refractivity contribution in [3.05, 3.63) is 107 Å². The third kappa shape index (κ3) is 5.14. The number of ketones is 1. The first kappa shape index (κ1) is 24.7. The van der Waals surface area contributed by atoms with Crippen LogP contribution >= 0.6 is 23.1 Å². The molecule has 5 rings (SSSR count). The van der Waals surface area contributed by atoms with Gasteiger partial charge in [0.25, 0.3) is 5.78 Å². The highest BCUT2D eigenvalue weighted by Crippen LogP contribution is 2.44. The van der Waals surface area contributed by atoms with Crippen molar-refractivity contribution < 1.29 is 19.4 Å². The fourth-order valence-electron chi connectivity index (χ4n) is 4.09. The van der Waals surface area contributed by atoms with Crippen LogP contribution in [0.2, 0.25) is 0 Å². The van der Waals surface area contributed by atoms with E-state index < -0.39 is 17.7 Å². The lowest BCUT2D eigenvalue weighted by Gasteiger charge is -2.22. The highest BCUT2D eigenvalue weighted by molar-refractivity contribution is 8.00. The normalized spacial score (nSPS) is 16.8. The van der Waals surface area contributed by atoms with Gasteiger partial charge in [-0.15, -0.1) is 10.2 Å². The van der Waals surface area contributed by atoms with Crippen molar-refractivity contribution in [2.24, 2.45) is 0 Å². The van der Waals surface area contributed by atoms with Crippen LogP contribution in [-0.2, 0) is 15.3 Å². The fourth-order valence-corrected chi connectivity index (χ4v) is 5.91. The van der Waals surface area contributed by atoms with Crippen LogP contribution in [0, 0.1) is 0 Å². The predicted molar refractivity (Wildman–Crippen MR) is 145 cm³/mol. The number of hydrogen-bond acceptors (Lipinski definition) is 8. The zero-order chi connectivity index (χ0) is 25.8. The first-order valence-electron chi connectivity index (χ1n) is 11.7. The number of thioether (sulfide) groups is 1. The van der Waals surface area contributed by atoms with Gasteiger partial charge < -0.3 is 9.84 Å². The van der Waals surface area contributed by atoms with Crippen molar-refractivity contribution in [2.45, 2.75) is 23.1 Å². The monoisotopic (exact) mass is 529 g/mol. The largest absolute Gasteiger partial charge is 0.507 e. The number of hydrogen-bond donors (Lipinski definition) is 1. The number of carbonyl (C=O) groups is 2. The van der Waals surface area contributed by atoms with Crippen molar-refractivity contribution in [3.63, 3.8) is 0 Å². The quantitative estimate of drug-likeness (QED) is 0.101. The maximum atomic E-state index is 13.3. The third-order valence-electron chi connectivity index (χ3n) is 5.81. The molecule has 7 nitrogen and oxygen atoms in total. The van der Waals surface area contributed by atoms with Gasteiger partial charge in [-0.3, -0.25) is 14.5 Å². The van der Waals surface area contributed by atoms with E-state index in [1.54, 1.807) is 24.3 Å². The van der Waals surface area contributed by atoms with E-state index in [-0.39, 0.29) is 11.3 Å². The number of aliphatic hydroxyl groups is 1. The average Bonchev–Trinajstić information content (AvgIpc) is 3.51. The molecule has 1 unspecified atom stereocenters. The summed E-state index contributed by atoms with van der Waals surface area (Å²) in [6, 6.07) is 25.1. The molecule has 186 valence electrons. The minimum atomic E-state index is -0.840. The smallest absolute Gasteiger partial charge is 0.301 e. The Labute approximate surface area is 222 Å². The molecule has 0 spiro atoms. The minimum absolute atomic E-state index is 0.00838. The molecule has 0 bridgehead atoms. The van der Waals surface area contributed by atoms with Crippen LogP contribution in [0.4, 0.5) is 5.13 Å². The van der Waals surface area contributed by atoms with Crippen LogP contribution in [0.1, 0.15) is 29.7 Å². The van der Waals surface area contributed by atoms with Crippen LogP contribution in [0.15, 0.2) is 94.8 Å².